The van der Waals surface area contributed by atoms with Crippen LogP contribution in [0.4, 0.5) is 5.82 Å². The number of nitrogens with zero attached hydrogens (tertiary/aromatic N) is 3. The van der Waals surface area contributed by atoms with E-state index >= 15 is 0 Å². The summed E-state index contributed by atoms with van der Waals surface area (Å²) >= 11 is 1.40. The van der Waals surface area contributed by atoms with E-state index in [-0.39, 0.29) is 11.5 Å². The maximum Gasteiger partial charge on any atom is 0.279 e. The van der Waals surface area contributed by atoms with E-state index < -0.39 is 0 Å². The molecule has 132 valence electrons. The van der Waals surface area contributed by atoms with Crippen molar-refractivity contribution in [3.8, 4) is 10.7 Å². The zero-order valence-corrected chi connectivity index (χ0v) is 15.3. The molecule has 0 saturated heterocycles. The Bertz CT molecular complexity index is 1190. The van der Waals surface area contributed by atoms with E-state index in [4.69, 9.17) is 0 Å². The Kier molecular flexibility index (Phi) is 4.48. The molecule has 0 unspecified atom stereocenters. The molecule has 0 fully saturated rings. The number of rotatable bonds is 3. The molecule has 5 nitrogen and oxygen atoms in total. The van der Waals surface area contributed by atoms with Crippen molar-refractivity contribution in [2.24, 2.45) is 0 Å². The molecule has 2 aromatic heterocycles. The molecule has 4 rings (SSSR count). The van der Waals surface area contributed by atoms with Crippen LogP contribution in [0.3, 0.4) is 0 Å². The maximum atomic E-state index is 12.6. The van der Waals surface area contributed by atoms with Gasteiger partial charge in [-0.3, -0.25) is 14.5 Å². The minimum atomic E-state index is -0.278. The summed E-state index contributed by atoms with van der Waals surface area (Å²) in [4.78, 5) is 35.1. The predicted octanol–water partition coefficient (Wildman–Crippen LogP) is 4.00. The summed E-state index contributed by atoms with van der Waals surface area (Å²) in [6.07, 6.45) is 0. The van der Waals surface area contributed by atoms with E-state index in [1.54, 1.807) is 43.4 Å². The number of hydrogen-bond donors (Lipinski definition) is 0. The first-order valence-corrected chi connectivity index (χ1v) is 9.15. The minimum Gasteiger partial charge on any atom is -0.296 e. The van der Waals surface area contributed by atoms with E-state index in [0.29, 0.717) is 27.5 Å². The molecule has 4 aromatic rings. The third-order valence-corrected chi connectivity index (χ3v) is 5.22. The average Bonchev–Trinajstić information content (AvgIpc) is 2.73. The van der Waals surface area contributed by atoms with E-state index in [9.17, 15) is 9.59 Å². The van der Waals surface area contributed by atoms with Crippen LogP contribution in [-0.2, 0) is 0 Å². The van der Waals surface area contributed by atoms with Gasteiger partial charge < -0.3 is 0 Å². The van der Waals surface area contributed by atoms with Crippen molar-refractivity contribution in [2.45, 2.75) is 0 Å². The van der Waals surface area contributed by atoms with Gasteiger partial charge >= 0.3 is 0 Å². The van der Waals surface area contributed by atoms with Crippen LogP contribution in [0, 0.1) is 0 Å². The van der Waals surface area contributed by atoms with Gasteiger partial charge in [0.2, 0.25) is 0 Å². The van der Waals surface area contributed by atoms with E-state index in [0.717, 1.165) is 4.70 Å². The van der Waals surface area contributed by atoms with Crippen molar-refractivity contribution in [1.29, 1.82) is 0 Å². The molecule has 0 bridgehead atoms. The van der Waals surface area contributed by atoms with Crippen LogP contribution < -0.4 is 10.5 Å². The third kappa shape index (κ3) is 3.35. The van der Waals surface area contributed by atoms with Gasteiger partial charge in [0.1, 0.15) is 16.5 Å². The van der Waals surface area contributed by atoms with Gasteiger partial charge in [-0.15, -0.1) is 11.3 Å². The molecule has 0 aliphatic rings. The second-order valence-electron chi connectivity index (χ2n) is 5.93. The Labute approximate surface area is 159 Å². The van der Waals surface area contributed by atoms with Gasteiger partial charge in [0.15, 0.2) is 0 Å². The molecule has 0 N–H and O–H groups in total. The Hall–Kier alpha value is -3.38. The molecule has 0 aliphatic heterocycles. The molecule has 2 aromatic carbocycles. The first-order valence-electron chi connectivity index (χ1n) is 8.34. The molecule has 2 heterocycles. The standard InChI is InChI=1S/C21H15N3O2S/c1-24(21(26)14-8-3-2-4-9-14)18-13-7-11-16(22-18)20-23-19(25)15-10-5-6-12-17(15)27-20/h2-13H,1H3. The van der Waals surface area contributed by atoms with Gasteiger partial charge in [-0.1, -0.05) is 36.4 Å². The highest BCUT2D eigenvalue weighted by Gasteiger charge is 2.15. The smallest absolute Gasteiger partial charge is 0.279 e. The highest BCUT2D eigenvalue weighted by molar-refractivity contribution is 7.21. The number of pyridine rings is 1. The zero-order chi connectivity index (χ0) is 18.8. The first kappa shape index (κ1) is 17.1. The number of amides is 1. The summed E-state index contributed by atoms with van der Waals surface area (Å²) in [5.74, 6) is 0.343. The Morgan fingerprint density at radius 3 is 2.44 bits per heavy atom. The number of aromatic nitrogens is 2. The summed E-state index contributed by atoms with van der Waals surface area (Å²) in [5, 5.41) is 1.12. The minimum absolute atomic E-state index is 0.153. The molecule has 0 radical (unpaired) electrons. The van der Waals surface area contributed by atoms with Gasteiger partial charge in [-0.25, -0.2) is 4.98 Å². The van der Waals surface area contributed by atoms with Crippen LogP contribution in [0.15, 0.2) is 77.6 Å². The molecular weight excluding hydrogens is 358 g/mol. The van der Waals surface area contributed by atoms with Gasteiger partial charge in [0.05, 0.1) is 5.39 Å². The van der Waals surface area contributed by atoms with Crippen molar-refractivity contribution >= 4 is 33.1 Å². The van der Waals surface area contributed by atoms with Gasteiger partial charge in [0, 0.05) is 17.3 Å². The predicted molar refractivity (Wildman–Crippen MR) is 108 cm³/mol. The van der Waals surface area contributed by atoms with Crippen molar-refractivity contribution in [3.05, 3.63) is 88.7 Å². The van der Waals surface area contributed by atoms with Crippen LogP contribution in [0.2, 0.25) is 0 Å². The SMILES string of the molecule is CN(C(=O)c1ccccc1)c1cccc(-c2nc(=O)c3ccccc3s2)n1. The highest BCUT2D eigenvalue weighted by atomic mass is 32.1. The quantitative estimate of drug-likeness (QED) is 0.545. The van der Waals surface area contributed by atoms with Crippen LogP contribution in [0.5, 0.6) is 0 Å². The molecule has 0 spiro atoms. The number of hydrogen-bond acceptors (Lipinski definition) is 5. The molecule has 0 atom stereocenters. The highest BCUT2D eigenvalue weighted by Crippen LogP contribution is 2.26. The largest absolute Gasteiger partial charge is 0.296 e. The van der Waals surface area contributed by atoms with Crippen molar-refractivity contribution in [1.82, 2.24) is 9.97 Å². The second-order valence-corrected chi connectivity index (χ2v) is 6.96. The lowest BCUT2D eigenvalue weighted by Gasteiger charge is -2.17. The molecule has 0 aliphatic carbocycles. The third-order valence-electron chi connectivity index (χ3n) is 4.15. The normalized spacial score (nSPS) is 10.7. The topological polar surface area (TPSA) is 63.2 Å². The van der Waals surface area contributed by atoms with E-state index in [1.165, 1.54) is 16.2 Å². The molecule has 0 saturated carbocycles. The number of carbonyl (C=O) groups excluding carboxylic acids is 1. The zero-order valence-electron chi connectivity index (χ0n) is 14.5. The summed E-state index contributed by atoms with van der Waals surface area (Å²) < 4.78 is 0.855. The van der Waals surface area contributed by atoms with E-state index in [1.807, 2.05) is 36.4 Å². The van der Waals surface area contributed by atoms with Crippen molar-refractivity contribution < 1.29 is 4.79 Å². The fourth-order valence-electron chi connectivity index (χ4n) is 2.73. The lowest BCUT2D eigenvalue weighted by atomic mass is 10.2. The van der Waals surface area contributed by atoms with Crippen LogP contribution in [0.1, 0.15) is 10.4 Å². The fraction of sp³-hybridized carbons (Fsp3) is 0.0476. The van der Waals surface area contributed by atoms with Crippen molar-refractivity contribution in [2.75, 3.05) is 11.9 Å². The summed E-state index contributed by atoms with van der Waals surface area (Å²) in [7, 11) is 1.68. The van der Waals surface area contributed by atoms with Gasteiger partial charge in [0.25, 0.3) is 11.5 Å². The molecule has 6 heteroatoms. The summed E-state index contributed by atoms with van der Waals surface area (Å²) in [6.45, 7) is 0. The van der Waals surface area contributed by atoms with Crippen LogP contribution >= 0.6 is 11.3 Å². The van der Waals surface area contributed by atoms with Gasteiger partial charge in [-0.05, 0) is 36.4 Å². The Morgan fingerprint density at radius 2 is 1.63 bits per heavy atom. The number of anilines is 1. The number of carbonyl (C=O) groups is 1. The lowest BCUT2D eigenvalue weighted by Crippen LogP contribution is -2.27. The van der Waals surface area contributed by atoms with Crippen LogP contribution in [0.25, 0.3) is 20.8 Å². The van der Waals surface area contributed by atoms with E-state index in [2.05, 4.69) is 9.97 Å². The maximum absolute atomic E-state index is 12.6. The fourth-order valence-corrected chi connectivity index (χ4v) is 3.70. The molecule has 27 heavy (non-hydrogen) atoms. The number of fused-ring (bicyclic) bond motifs is 1. The lowest BCUT2D eigenvalue weighted by molar-refractivity contribution is 0.0992. The Morgan fingerprint density at radius 1 is 0.889 bits per heavy atom. The molecule has 1 amide bonds. The number of benzene rings is 2. The summed E-state index contributed by atoms with van der Waals surface area (Å²) in [5.41, 5.74) is 0.869. The second kappa shape index (κ2) is 7.09. The average molecular weight is 373 g/mol. The first-order chi connectivity index (χ1) is 13.1. The molecular formula is C21H15N3O2S. The summed E-state index contributed by atoms with van der Waals surface area (Å²) in [6, 6.07) is 21.7. The van der Waals surface area contributed by atoms with Gasteiger partial charge in [-0.2, -0.15) is 4.98 Å². The van der Waals surface area contributed by atoms with Crippen LogP contribution in [-0.4, -0.2) is 22.9 Å². The van der Waals surface area contributed by atoms with Crippen molar-refractivity contribution in [3.63, 3.8) is 0 Å². The Balaban J connectivity index is 1.73. The monoisotopic (exact) mass is 373 g/mol.